The summed E-state index contributed by atoms with van der Waals surface area (Å²) < 4.78 is 0. The van der Waals surface area contributed by atoms with E-state index >= 15 is 0 Å². The van der Waals surface area contributed by atoms with Gasteiger partial charge in [0.05, 0.1) is 0 Å². The van der Waals surface area contributed by atoms with Crippen LogP contribution in [-0.2, 0) is 0 Å². The minimum absolute atomic E-state index is 0.650. The van der Waals surface area contributed by atoms with Crippen LogP contribution in [0.4, 0.5) is 0 Å². The van der Waals surface area contributed by atoms with Crippen molar-refractivity contribution in [3.05, 3.63) is 12.2 Å². The van der Waals surface area contributed by atoms with E-state index < -0.39 is 7.25 Å². The van der Waals surface area contributed by atoms with Crippen LogP contribution in [0.15, 0.2) is 12.2 Å². The third-order valence-electron chi connectivity index (χ3n) is 1.17. The van der Waals surface area contributed by atoms with Crippen LogP contribution in [0.25, 0.3) is 0 Å². The van der Waals surface area contributed by atoms with Crippen LogP contribution < -0.4 is 0 Å². The zero-order chi connectivity index (χ0) is 5.98. The number of hydrogen-bond acceptors (Lipinski definition) is 3. The molecule has 3 nitrogen and oxygen atoms in total. The molecule has 44 valence electrons. The highest BCUT2D eigenvalue weighted by Crippen LogP contribution is 1.97. The summed E-state index contributed by atoms with van der Waals surface area (Å²) >= 11 is 0. The average Bonchev–Trinajstić information content (AvgIpc) is 2.12. The first-order valence-corrected chi connectivity index (χ1v) is 2.56. The van der Waals surface area contributed by atoms with E-state index in [1.807, 2.05) is 12.2 Å². The summed E-state index contributed by atoms with van der Waals surface area (Å²) in [5, 5.41) is 17.0. The predicted molar refractivity (Wildman–Crippen MR) is 30.9 cm³/mol. The van der Waals surface area contributed by atoms with Crippen molar-refractivity contribution in [3.63, 3.8) is 0 Å². The third-order valence-corrected chi connectivity index (χ3v) is 1.17. The molecular formula is C4H8BNO2. The first kappa shape index (κ1) is 5.82. The van der Waals surface area contributed by atoms with Crippen molar-refractivity contribution in [1.29, 1.82) is 0 Å². The van der Waals surface area contributed by atoms with Crippen LogP contribution in [0.1, 0.15) is 0 Å². The van der Waals surface area contributed by atoms with Crippen molar-refractivity contribution in [1.82, 2.24) is 4.81 Å². The molecule has 4 heteroatoms. The van der Waals surface area contributed by atoms with Gasteiger partial charge in [-0.3, -0.25) is 4.81 Å². The van der Waals surface area contributed by atoms with Crippen molar-refractivity contribution >= 4 is 7.25 Å². The van der Waals surface area contributed by atoms with Gasteiger partial charge in [0.25, 0.3) is 0 Å². The quantitative estimate of drug-likeness (QED) is 0.332. The zero-order valence-electron chi connectivity index (χ0n) is 4.49. The van der Waals surface area contributed by atoms with Gasteiger partial charge < -0.3 is 10.0 Å². The van der Waals surface area contributed by atoms with Gasteiger partial charge in [0.2, 0.25) is 0 Å². The van der Waals surface area contributed by atoms with Gasteiger partial charge in [-0.2, -0.15) is 0 Å². The van der Waals surface area contributed by atoms with E-state index in [0.29, 0.717) is 13.1 Å². The molecule has 0 aromatic carbocycles. The molecule has 0 saturated heterocycles. The lowest BCUT2D eigenvalue weighted by atomic mass is 10.1. The van der Waals surface area contributed by atoms with Crippen LogP contribution in [0.2, 0.25) is 0 Å². The van der Waals surface area contributed by atoms with Gasteiger partial charge in [-0.15, -0.1) is 0 Å². The maximum atomic E-state index is 8.49. The third kappa shape index (κ3) is 1.09. The van der Waals surface area contributed by atoms with Crippen LogP contribution in [-0.4, -0.2) is 35.2 Å². The molecule has 0 aromatic heterocycles. The van der Waals surface area contributed by atoms with Gasteiger partial charge in [0.1, 0.15) is 0 Å². The summed E-state index contributed by atoms with van der Waals surface area (Å²) in [5.74, 6) is 0. The molecule has 0 fully saturated rings. The van der Waals surface area contributed by atoms with Gasteiger partial charge in [0, 0.05) is 13.1 Å². The standard InChI is InChI=1S/C4H8BNO2/c7-5(8)6-3-1-2-4-6/h1-2,7-8H,3-4H2. The molecule has 0 atom stereocenters. The van der Waals surface area contributed by atoms with E-state index in [0.717, 1.165) is 0 Å². The van der Waals surface area contributed by atoms with Gasteiger partial charge in [-0.05, 0) is 0 Å². The van der Waals surface area contributed by atoms with Crippen LogP contribution in [0.3, 0.4) is 0 Å². The fraction of sp³-hybridized carbons (Fsp3) is 0.500. The summed E-state index contributed by atoms with van der Waals surface area (Å²) in [6, 6.07) is 0. The Morgan fingerprint density at radius 2 is 1.75 bits per heavy atom. The molecule has 0 saturated carbocycles. The van der Waals surface area contributed by atoms with Crippen molar-refractivity contribution in [2.24, 2.45) is 0 Å². The van der Waals surface area contributed by atoms with E-state index in [4.69, 9.17) is 10.0 Å². The highest BCUT2D eigenvalue weighted by Gasteiger charge is 2.19. The molecule has 0 bridgehead atoms. The summed E-state index contributed by atoms with van der Waals surface area (Å²) in [4.78, 5) is 1.53. The Labute approximate surface area is 48.4 Å². The summed E-state index contributed by atoms with van der Waals surface area (Å²) in [6.45, 7) is 1.30. The van der Waals surface area contributed by atoms with Crippen molar-refractivity contribution < 1.29 is 10.0 Å². The second-order valence-corrected chi connectivity index (χ2v) is 1.77. The minimum Gasteiger partial charge on any atom is -0.413 e. The van der Waals surface area contributed by atoms with Crippen molar-refractivity contribution in [2.75, 3.05) is 13.1 Å². The number of rotatable bonds is 1. The zero-order valence-corrected chi connectivity index (χ0v) is 4.49. The van der Waals surface area contributed by atoms with Gasteiger partial charge in [-0.25, -0.2) is 0 Å². The first-order chi connectivity index (χ1) is 3.80. The minimum atomic E-state index is -1.29. The highest BCUT2D eigenvalue weighted by atomic mass is 16.4. The first-order valence-electron chi connectivity index (χ1n) is 2.56. The van der Waals surface area contributed by atoms with E-state index in [9.17, 15) is 0 Å². The molecule has 1 rings (SSSR count). The fourth-order valence-corrected chi connectivity index (χ4v) is 0.683. The van der Waals surface area contributed by atoms with E-state index in [-0.39, 0.29) is 0 Å². The van der Waals surface area contributed by atoms with Crippen molar-refractivity contribution in [2.45, 2.75) is 0 Å². The molecule has 0 unspecified atom stereocenters. The molecule has 0 spiro atoms. The van der Waals surface area contributed by atoms with Gasteiger partial charge in [-0.1, -0.05) is 12.2 Å². The Balaban J connectivity index is 2.29. The Morgan fingerprint density at radius 1 is 1.25 bits per heavy atom. The second kappa shape index (κ2) is 2.30. The lowest BCUT2D eigenvalue weighted by Gasteiger charge is -2.10. The van der Waals surface area contributed by atoms with E-state index in [1.54, 1.807) is 0 Å². The van der Waals surface area contributed by atoms with Gasteiger partial charge in [0.15, 0.2) is 0 Å². The maximum Gasteiger partial charge on any atom is 0.552 e. The predicted octanol–water partition coefficient (Wildman–Crippen LogP) is -1.17. The molecule has 1 aliphatic heterocycles. The van der Waals surface area contributed by atoms with E-state index in [1.165, 1.54) is 4.81 Å². The molecule has 8 heavy (non-hydrogen) atoms. The summed E-state index contributed by atoms with van der Waals surface area (Å²) in [7, 11) is -1.29. The van der Waals surface area contributed by atoms with Gasteiger partial charge >= 0.3 is 7.25 Å². The largest absolute Gasteiger partial charge is 0.552 e. The second-order valence-electron chi connectivity index (χ2n) is 1.77. The topological polar surface area (TPSA) is 43.7 Å². The molecule has 0 amide bonds. The SMILES string of the molecule is OB(O)N1CC=CC1. The Bertz CT molecular complexity index is 96.2. The Kier molecular flexibility index (Phi) is 1.67. The molecule has 1 aliphatic rings. The highest BCUT2D eigenvalue weighted by molar-refractivity contribution is 6.37. The summed E-state index contributed by atoms with van der Waals surface area (Å²) in [5.41, 5.74) is 0. The lowest BCUT2D eigenvalue weighted by molar-refractivity contribution is 0.305. The normalized spacial score (nSPS) is 19.8. The smallest absolute Gasteiger partial charge is 0.413 e. The molecule has 0 aliphatic carbocycles. The van der Waals surface area contributed by atoms with Crippen LogP contribution >= 0.6 is 0 Å². The Morgan fingerprint density at radius 3 is 2.00 bits per heavy atom. The molecule has 0 aromatic rings. The Hall–Kier alpha value is -0.315. The summed E-state index contributed by atoms with van der Waals surface area (Å²) in [6.07, 6.45) is 3.80. The van der Waals surface area contributed by atoms with E-state index in [2.05, 4.69) is 0 Å². The molecular weight excluding hydrogens is 105 g/mol. The molecule has 1 heterocycles. The fourth-order valence-electron chi connectivity index (χ4n) is 0.683. The number of nitrogens with zero attached hydrogens (tertiary/aromatic N) is 1. The van der Waals surface area contributed by atoms with Crippen molar-refractivity contribution in [3.8, 4) is 0 Å². The molecule has 0 radical (unpaired) electrons. The monoisotopic (exact) mass is 113 g/mol. The van der Waals surface area contributed by atoms with Crippen LogP contribution in [0, 0.1) is 0 Å². The average molecular weight is 113 g/mol. The van der Waals surface area contributed by atoms with Crippen LogP contribution in [0.5, 0.6) is 0 Å². The lowest BCUT2D eigenvalue weighted by Crippen LogP contribution is -2.37. The maximum absolute atomic E-state index is 8.49. The molecule has 2 N–H and O–H groups in total. The number of hydrogen-bond donors (Lipinski definition) is 2.